The van der Waals surface area contributed by atoms with Gasteiger partial charge in [-0.15, -0.1) is 0 Å². The molecule has 3 aromatic rings. The van der Waals surface area contributed by atoms with Crippen LogP contribution in [-0.2, 0) is 20.4 Å². The van der Waals surface area contributed by atoms with Crippen LogP contribution in [0.15, 0.2) is 66.7 Å². The number of hydrogen-bond acceptors (Lipinski definition) is 8. The Morgan fingerprint density at radius 3 is 2.28 bits per heavy atom. The molecule has 2 aliphatic rings. The Balaban J connectivity index is 1.58. The fourth-order valence-electron chi connectivity index (χ4n) is 5.35. The molecule has 5 rings (SSSR count). The third kappa shape index (κ3) is 4.46. The summed E-state index contributed by atoms with van der Waals surface area (Å²) in [5, 5.41) is 54.0. The first-order valence-electron chi connectivity index (χ1n) is 12.8. The zero-order valence-corrected chi connectivity index (χ0v) is 21.9. The van der Waals surface area contributed by atoms with Crippen LogP contribution in [0.4, 0.5) is 5.69 Å². The average molecular weight is 536 g/mol. The van der Waals surface area contributed by atoms with Gasteiger partial charge in [-0.1, -0.05) is 57.2 Å². The molecule has 1 fully saturated rings. The molecule has 6 N–H and O–H groups in total. The first-order chi connectivity index (χ1) is 18.5. The molecule has 9 nitrogen and oxygen atoms in total. The SMILES string of the molecule is CC(C)(C)c1ccc(O)c(C2(c3ccc(O[C@@H]4OC(CO)[C@@H](O)[C@H](O)C4O)cc3)C(=O)Nc3ccccc32)c1. The second kappa shape index (κ2) is 9.93. The Hall–Kier alpha value is -3.47. The number of hydrogen-bond donors (Lipinski definition) is 6. The molecule has 2 heterocycles. The Kier molecular flexibility index (Phi) is 6.90. The van der Waals surface area contributed by atoms with E-state index < -0.39 is 42.7 Å². The molecule has 1 saturated heterocycles. The first kappa shape index (κ1) is 27.1. The lowest BCUT2D eigenvalue weighted by Gasteiger charge is -2.39. The van der Waals surface area contributed by atoms with Crippen molar-refractivity contribution in [2.24, 2.45) is 0 Å². The van der Waals surface area contributed by atoms with Gasteiger partial charge in [0.2, 0.25) is 12.2 Å². The van der Waals surface area contributed by atoms with Crippen LogP contribution >= 0.6 is 0 Å². The molecule has 9 heteroatoms. The normalized spacial score (nSPS) is 28.6. The molecule has 0 aliphatic carbocycles. The Morgan fingerprint density at radius 1 is 0.923 bits per heavy atom. The second-order valence-electron chi connectivity index (χ2n) is 11.1. The van der Waals surface area contributed by atoms with Gasteiger partial charge in [-0.05, 0) is 46.9 Å². The second-order valence-corrected chi connectivity index (χ2v) is 11.1. The number of phenols is 1. The van der Waals surface area contributed by atoms with Crippen LogP contribution in [0, 0.1) is 0 Å². The molecule has 39 heavy (non-hydrogen) atoms. The lowest BCUT2D eigenvalue weighted by Crippen LogP contribution is -2.60. The van der Waals surface area contributed by atoms with E-state index in [0.717, 1.165) is 5.56 Å². The van der Waals surface area contributed by atoms with Crippen molar-refractivity contribution in [3.05, 3.63) is 89.0 Å². The van der Waals surface area contributed by atoms with Crippen molar-refractivity contribution in [3.8, 4) is 11.5 Å². The first-order valence-corrected chi connectivity index (χ1v) is 12.8. The van der Waals surface area contributed by atoms with Gasteiger partial charge in [0.1, 0.15) is 41.3 Å². The molecule has 0 bridgehead atoms. The standard InChI is InChI=1S/C30H33NO8/c1-29(2,3)17-10-13-22(33)20(14-17)30(19-6-4-5-7-21(19)31-28(30)37)16-8-11-18(12-9-16)38-27-26(36)25(35)24(34)23(15-32)39-27/h4-14,23-27,32-36H,15H2,1-3H3,(H,31,37)/t23?,24-,25+,26?,27-,30?/m1/s1. The van der Waals surface area contributed by atoms with Crippen LogP contribution in [0.2, 0.25) is 0 Å². The van der Waals surface area contributed by atoms with Gasteiger partial charge in [0, 0.05) is 16.8 Å². The van der Waals surface area contributed by atoms with Crippen molar-refractivity contribution in [2.45, 2.75) is 62.3 Å². The smallest absolute Gasteiger partial charge is 0.244 e. The predicted molar refractivity (Wildman–Crippen MR) is 143 cm³/mol. The average Bonchev–Trinajstić information content (AvgIpc) is 3.21. The third-order valence-corrected chi connectivity index (χ3v) is 7.57. The van der Waals surface area contributed by atoms with E-state index in [9.17, 15) is 30.3 Å². The molecule has 0 saturated carbocycles. The minimum Gasteiger partial charge on any atom is -0.508 e. The quantitative estimate of drug-likeness (QED) is 0.291. The lowest BCUT2D eigenvalue weighted by molar-refractivity contribution is -0.277. The summed E-state index contributed by atoms with van der Waals surface area (Å²) in [6.07, 6.45) is -7.07. The number of carbonyl (C=O) groups is 1. The summed E-state index contributed by atoms with van der Waals surface area (Å²) in [6, 6.07) is 19.3. The summed E-state index contributed by atoms with van der Waals surface area (Å²) < 4.78 is 11.2. The minimum absolute atomic E-state index is 0.0171. The number of carbonyl (C=O) groups excluding carboxylic acids is 1. The number of aliphatic hydroxyl groups excluding tert-OH is 4. The van der Waals surface area contributed by atoms with E-state index in [1.54, 1.807) is 30.3 Å². The summed E-state index contributed by atoms with van der Waals surface area (Å²) >= 11 is 0. The maximum absolute atomic E-state index is 13.9. The summed E-state index contributed by atoms with van der Waals surface area (Å²) in [7, 11) is 0. The van der Waals surface area contributed by atoms with E-state index in [1.807, 2.05) is 36.4 Å². The fourth-order valence-corrected chi connectivity index (χ4v) is 5.35. The van der Waals surface area contributed by atoms with Crippen molar-refractivity contribution in [1.82, 2.24) is 0 Å². The van der Waals surface area contributed by atoms with Crippen LogP contribution in [-0.4, -0.2) is 68.8 Å². The number of aromatic hydroxyl groups is 1. The largest absolute Gasteiger partial charge is 0.508 e. The van der Waals surface area contributed by atoms with E-state index >= 15 is 0 Å². The fraction of sp³-hybridized carbons (Fsp3) is 0.367. The maximum Gasteiger partial charge on any atom is 0.244 e. The summed E-state index contributed by atoms with van der Waals surface area (Å²) in [5.41, 5.74) is 1.72. The molecule has 2 aliphatic heterocycles. The Labute approximate surface area is 226 Å². The number of para-hydroxylation sites is 1. The van der Waals surface area contributed by atoms with E-state index in [4.69, 9.17) is 9.47 Å². The van der Waals surface area contributed by atoms with Gasteiger partial charge in [0.25, 0.3) is 0 Å². The Bertz CT molecular complexity index is 1370. The molecular weight excluding hydrogens is 502 g/mol. The molecule has 6 atom stereocenters. The Morgan fingerprint density at radius 2 is 1.62 bits per heavy atom. The van der Waals surface area contributed by atoms with E-state index in [-0.39, 0.29) is 22.8 Å². The van der Waals surface area contributed by atoms with Gasteiger partial charge in [-0.25, -0.2) is 0 Å². The van der Waals surface area contributed by atoms with Gasteiger partial charge < -0.3 is 40.3 Å². The highest BCUT2D eigenvalue weighted by molar-refractivity contribution is 6.11. The highest BCUT2D eigenvalue weighted by atomic mass is 16.7. The molecule has 0 aromatic heterocycles. The van der Waals surface area contributed by atoms with Crippen molar-refractivity contribution < 1.29 is 39.8 Å². The third-order valence-electron chi connectivity index (χ3n) is 7.57. The summed E-state index contributed by atoms with van der Waals surface area (Å²) in [6.45, 7) is 5.61. The van der Waals surface area contributed by atoms with Crippen LogP contribution in [0.3, 0.4) is 0 Å². The molecule has 0 spiro atoms. The van der Waals surface area contributed by atoms with E-state index in [1.165, 1.54) is 0 Å². The highest BCUT2D eigenvalue weighted by Gasteiger charge is 2.51. The number of benzene rings is 3. The van der Waals surface area contributed by atoms with Gasteiger partial charge in [-0.2, -0.15) is 0 Å². The number of nitrogens with one attached hydrogen (secondary N) is 1. The number of aliphatic hydroxyl groups is 4. The highest BCUT2D eigenvalue weighted by Crippen LogP contribution is 2.51. The van der Waals surface area contributed by atoms with Gasteiger partial charge in [0.05, 0.1) is 6.61 Å². The predicted octanol–water partition coefficient (Wildman–Crippen LogP) is 2.15. The molecule has 3 aromatic carbocycles. The van der Waals surface area contributed by atoms with Crippen molar-refractivity contribution in [1.29, 1.82) is 0 Å². The van der Waals surface area contributed by atoms with Crippen molar-refractivity contribution >= 4 is 11.6 Å². The summed E-state index contributed by atoms with van der Waals surface area (Å²) in [5.74, 6) is -0.0678. The minimum atomic E-state index is -1.57. The molecule has 1 amide bonds. The topological polar surface area (TPSA) is 149 Å². The number of fused-ring (bicyclic) bond motifs is 1. The van der Waals surface area contributed by atoms with Gasteiger partial charge in [-0.3, -0.25) is 4.79 Å². The van der Waals surface area contributed by atoms with Crippen molar-refractivity contribution in [3.63, 3.8) is 0 Å². The molecule has 0 radical (unpaired) electrons. The van der Waals surface area contributed by atoms with Gasteiger partial charge >= 0.3 is 0 Å². The lowest BCUT2D eigenvalue weighted by atomic mass is 9.68. The zero-order valence-electron chi connectivity index (χ0n) is 21.9. The van der Waals surface area contributed by atoms with Crippen LogP contribution < -0.4 is 10.1 Å². The molecule has 3 unspecified atom stereocenters. The number of amides is 1. The van der Waals surface area contributed by atoms with E-state index in [0.29, 0.717) is 22.4 Å². The maximum atomic E-state index is 13.9. The number of anilines is 1. The van der Waals surface area contributed by atoms with Crippen LogP contribution in [0.1, 0.15) is 43.0 Å². The van der Waals surface area contributed by atoms with Crippen LogP contribution in [0.5, 0.6) is 11.5 Å². The van der Waals surface area contributed by atoms with Crippen molar-refractivity contribution in [2.75, 3.05) is 11.9 Å². The molecule has 206 valence electrons. The van der Waals surface area contributed by atoms with E-state index in [2.05, 4.69) is 26.1 Å². The zero-order chi connectivity index (χ0) is 28.1. The molecular formula is C30H33NO8. The summed E-state index contributed by atoms with van der Waals surface area (Å²) in [4.78, 5) is 13.9. The monoisotopic (exact) mass is 535 g/mol. The van der Waals surface area contributed by atoms with Gasteiger partial charge in [0.15, 0.2) is 0 Å². The number of ether oxygens (including phenoxy) is 2. The van der Waals surface area contributed by atoms with Crippen LogP contribution in [0.25, 0.3) is 0 Å². The number of rotatable bonds is 5. The number of phenolic OH excluding ortho intramolecular Hbond substituents is 1.